The third kappa shape index (κ3) is 4.32. The van der Waals surface area contributed by atoms with Crippen molar-refractivity contribution in [2.45, 2.75) is 32.6 Å². The van der Waals surface area contributed by atoms with Gasteiger partial charge in [0.15, 0.2) is 6.61 Å². The Balaban J connectivity index is 1.50. The van der Waals surface area contributed by atoms with Crippen molar-refractivity contribution in [3.8, 4) is 5.75 Å². The lowest BCUT2D eigenvalue weighted by Gasteiger charge is -2.19. The van der Waals surface area contributed by atoms with Crippen LogP contribution in [0.4, 0.5) is 5.69 Å². The van der Waals surface area contributed by atoms with Crippen LogP contribution in [0.3, 0.4) is 0 Å². The molecule has 1 aromatic rings. The normalized spacial score (nSPS) is 21.2. The van der Waals surface area contributed by atoms with Crippen molar-refractivity contribution >= 4 is 29.4 Å². The molecule has 2 aliphatic rings. The van der Waals surface area contributed by atoms with E-state index in [4.69, 9.17) is 9.47 Å². The van der Waals surface area contributed by atoms with Gasteiger partial charge in [-0.15, -0.1) is 0 Å². The number of benzene rings is 1. The van der Waals surface area contributed by atoms with Crippen molar-refractivity contribution < 1.29 is 28.7 Å². The lowest BCUT2D eigenvalue weighted by atomic mass is 9.81. The fourth-order valence-corrected chi connectivity index (χ4v) is 3.75. The Morgan fingerprint density at radius 1 is 1.11 bits per heavy atom. The summed E-state index contributed by atoms with van der Waals surface area (Å²) in [7, 11) is 0. The van der Waals surface area contributed by atoms with Crippen LogP contribution in [-0.2, 0) is 23.9 Å². The summed E-state index contributed by atoms with van der Waals surface area (Å²) < 4.78 is 10.4. The quantitative estimate of drug-likeness (QED) is 0.564. The van der Waals surface area contributed by atoms with Crippen LogP contribution in [0.15, 0.2) is 24.3 Å². The van der Waals surface area contributed by atoms with Crippen LogP contribution in [-0.4, -0.2) is 48.3 Å². The maximum Gasteiger partial charge on any atom is 0.326 e. The zero-order chi connectivity index (χ0) is 20.1. The number of ether oxygens (including phenoxy) is 2. The maximum absolute atomic E-state index is 12.4. The summed E-state index contributed by atoms with van der Waals surface area (Å²) >= 11 is 0. The molecule has 1 N–H and O–H groups in total. The van der Waals surface area contributed by atoms with Gasteiger partial charge in [0.05, 0.1) is 24.1 Å². The number of fused-ring (bicyclic) bond motifs is 1. The lowest BCUT2D eigenvalue weighted by Crippen LogP contribution is -2.37. The largest absolute Gasteiger partial charge is 0.492 e. The van der Waals surface area contributed by atoms with E-state index in [0.29, 0.717) is 30.9 Å². The minimum atomic E-state index is -0.784. The van der Waals surface area contributed by atoms with E-state index in [1.807, 2.05) is 6.92 Å². The lowest BCUT2D eigenvalue weighted by molar-refractivity contribution is -0.154. The summed E-state index contributed by atoms with van der Waals surface area (Å²) in [4.78, 5) is 49.8. The van der Waals surface area contributed by atoms with E-state index in [9.17, 15) is 19.2 Å². The van der Waals surface area contributed by atoms with E-state index in [2.05, 4.69) is 5.32 Å². The molecule has 1 aliphatic carbocycles. The van der Waals surface area contributed by atoms with Gasteiger partial charge in [-0.25, -0.2) is 0 Å². The molecule has 0 bridgehead atoms. The molecule has 8 heteroatoms. The minimum Gasteiger partial charge on any atom is -0.492 e. The van der Waals surface area contributed by atoms with Crippen LogP contribution < -0.4 is 10.1 Å². The number of amides is 3. The van der Waals surface area contributed by atoms with Crippen LogP contribution >= 0.6 is 0 Å². The predicted octanol–water partition coefficient (Wildman–Crippen LogP) is 1.74. The Hall–Kier alpha value is -2.90. The van der Waals surface area contributed by atoms with Gasteiger partial charge >= 0.3 is 5.97 Å². The molecule has 0 spiro atoms. The summed E-state index contributed by atoms with van der Waals surface area (Å²) in [5, 5.41) is 2.61. The fraction of sp³-hybridized carbons (Fsp3) is 0.500. The topological polar surface area (TPSA) is 102 Å². The molecule has 2 atom stereocenters. The highest BCUT2D eigenvalue weighted by molar-refractivity contribution is 6.07. The first-order valence-corrected chi connectivity index (χ1v) is 9.53. The molecular weight excluding hydrogens is 364 g/mol. The summed E-state index contributed by atoms with van der Waals surface area (Å²) in [5.41, 5.74) is 0.472. The van der Waals surface area contributed by atoms with Gasteiger partial charge < -0.3 is 14.8 Å². The highest BCUT2D eigenvalue weighted by Crippen LogP contribution is 2.37. The average molecular weight is 388 g/mol. The molecule has 1 saturated carbocycles. The van der Waals surface area contributed by atoms with Crippen LogP contribution in [0.2, 0.25) is 0 Å². The molecule has 0 unspecified atom stereocenters. The number of likely N-dealkylation sites (tertiary alicyclic amines) is 1. The average Bonchev–Trinajstić information content (AvgIpc) is 2.93. The van der Waals surface area contributed by atoms with Gasteiger partial charge in [-0.05, 0) is 31.9 Å². The predicted molar refractivity (Wildman–Crippen MR) is 99.4 cm³/mol. The first-order chi connectivity index (χ1) is 13.5. The summed E-state index contributed by atoms with van der Waals surface area (Å²) in [5.74, 6) is -2.04. The first kappa shape index (κ1) is 19.9. The Labute approximate surface area is 163 Å². The van der Waals surface area contributed by atoms with Crippen LogP contribution in [0.25, 0.3) is 0 Å². The number of nitrogens with one attached hydrogen (secondary N) is 1. The van der Waals surface area contributed by atoms with E-state index in [1.165, 1.54) is 0 Å². The second-order valence-electron chi connectivity index (χ2n) is 6.90. The molecule has 0 aromatic heterocycles. The van der Waals surface area contributed by atoms with Crippen molar-refractivity contribution in [2.75, 3.05) is 25.1 Å². The molecule has 0 radical (unpaired) electrons. The number of carbonyl (C=O) groups excluding carboxylic acids is 4. The summed E-state index contributed by atoms with van der Waals surface area (Å²) in [6.07, 6.45) is 3.20. The van der Waals surface area contributed by atoms with Crippen LogP contribution in [0, 0.1) is 11.8 Å². The third-order valence-corrected chi connectivity index (χ3v) is 5.04. The standard InChI is InChI=1S/C20H24N2O6/c1-2-27-16-10-6-5-9-15(16)21-17(23)12-28-18(24)11-22-19(25)13-7-3-4-8-14(13)20(22)26/h5-6,9-10,13-14H,2-4,7-8,11-12H2,1H3,(H,21,23)/t13-,14-/m0/s1. The van der Waals surface area contributed by atoms with Crippen LogP contribution in [0.5, 0.6) is 5.75 Å². The first-order valence-electron chi connectivity index (χ1n) is 9.53. The molecule has 3 amide bonds. The summed E-state index contributed by atoms with van der Waals surface area (Å²) in [6, 6.07) is 6.92. The third-order valence-electron chi connectivity index (χ3n) is 5.04. The Bertz CT molecular complexity index is 754. The molecule has 1 heterocycles. The molecule has 3 rings (SSSR count). The Morgan fingerprint density at radius 3 is 2.39 bits per heavy atom. The van der Waals surface area contributed by atoms with Gasteiger partial charge in [0.2, 0.25) is 11.8 Å². The second-order valence-corrected chi connectivity index (χ2v) is 6.90. The molecule has 2 fully saturated rings. The number of hydrogen-bond donors (Lipinski definition) is 1. The van der Waals surface area contributed by atoms with Gasteiger partial charge in [-0.1, -0.05) is 25.0 Å². The van der Waals surface area contributed by atoms with E-state index in [0.717, 1.165) is 17.7 Å². The highest BCUT2D eigenvalue weighted by Gasteiger charge is 2.48. The molecule has 1 aliphatic heterocycles. The van der Waals surface area contributed by atoms with Gasteiger partial charge in [0, 0.05) is 0 Å². The number of anilines is 1. The molecule has 8 nitrogen and oxygen atoms in total. The zero-order valence-electron chi connectivity index (χ0n) is 15.8. The number of esters is 1. The molecule has 28 heavy (non-hydrogen) atoms. The monoisotopic (exact) mass is 388 g/mol. The van der Waals surface area contributed by atoms with Crippen molar-refractivity contribution in [2.24, 2.45) is 11.8 Å². The van der Waals surface area contributed by atoms with E-state index in [-0.39, 0.29) is 23.7 Å². The summed E-state index contributed by atoms with van der Waals surface area (Å²) in [6.45, 7) is 1.31. The van der Waals surface area contributed by atoms with E-state index >= 15 is 0 Å². The molecule has 1 saturated heterocycles. The maximum atomic E-state index is 12.4. The zero-order valence-corrected chi connectivity index (χ0v) is 15.8. The van der Waals surface area contributed by atoms with Gasteiger partial charge in [0.25, 0.3) is 5.91 Å². The number of imide groups is 1. The van der Waals surface area contributed by atoms with E-state index in [1.54, 1.807) is 24.3 Å². The number of carbonyl (C=O) groups is 4. The van der Waals surface area contributed by atoms with E-state index < -0.39 is 25.0 Å². The fourth-order valence-electron chi connectivity index (χ4n) is 3.75. The number of nitrogens with zero attached hydrogens (tertiary/aromatic N) is 1. The molecule has 1 aromatic carbocycles. The van der Waals surface area contributed by atoms with Crippen molar-refractivity contribution in [1.82, 2.24) is 4.90 Å². The highest BCUT2D eigenvalue weighted by atomic mass is 16.5. The van der Waals surface area contributed by atoms with Crippen molar-refractivity contribution in [1.29, 1.82) is 0 Å². The molecular formula is C20H24N2O6. The van der Waals surface area contributed by atoms with Crippen LogP contribution in [0.1, 0.15) is 32.6 Å². The molecule has 150 valence electrons. The second kappa shape index (κ2) is 8.86. The van der Waals surface area contributed by atoms with Gasteiger partial charge in [-0.3, -0.25) is 24.1 Å². The number of para-hydroxylation sites is 2. The SMILES string of the molecule is CCOc1ccccc1NC(=O)COC(=O)CN1C(=O)[C@H]2CCCC[C@@H]2C1=O. The van der Waals surface area contributed by atoms with Crippen molar-refractivity contribution in [3.63, 3.8) is 0 Å². The Kier molecular flexibility index (Phi) is 6.28. The number of hydrogen-bond acceptors (Lipinski definition) is 6. The van der Waals surface area contributed by atoms with Crippen molar-refractivity contribution in [3.05, 3.63) is 24.3 Å². The van der Waals surface area contributed by atoms with Gasteiger partial charge in [-0.2, -0.15) is 0 Å². The van der Waals surface area contributed by atoms with Gasteiger partial charge in [0.1, 0.15) is 12.3 Å². The number of rotatable bonds is 7. The Morgan fingerprint density at radius 2 is 1.75 bits per heavy atom. The smallest absolute Gasteiger partial charge is 0.326 e. The minimum absolute atomic E-state index is 0.304.